The summed E-state index contributed by atoms with van der Waals surface area (Å²) in [7, 11) is 0. The molecule has 0 unspecified atom stereocenters. The van der Waals surface area contributed by atoms with Crippen molar-refractivity contribution in [3.63, 3.8) is 0 Å². The maximum atomic E-state index is 12.2. The molecule has 0 saturated heterocycles. The predicted octanol–water partition coefficient (Wildman–Crippen LogP) is 3.28. The van der Waals surface area contributed by atoms with Crippen molar-refractivity contribution in [2.45, 2.75) is 33.7 Å². The minimum absolute atomic E-state index is 0.143. The van der Waals surface area contributed by atoms with Gasteiger partial charge in [-0.3, -0.25) is 4.79 Å². The highest BCUT2D eigenvalue weighted by atomic mass is 16.1. The smallest absolute Gasteiger partial charge is 0.270 e. The summed E-state index contributed by atoms with van der Waals surface area (Å²) in [6, 6.07) is 12.0. The maximum absolute atomic E-state index is 12.2. The zero-order valence-electron chi connectivity index (χ0n) is 14.7. The van der Waals surface area contributed by atoms with Crippen molar-refractivity contribution in [1.29, 1.82) is 0 Å². The summed E-state index contributed by atoms with van der Waals surface area (Å²) in [6.07, 6.45) is 2.42. The highest BCUT2D eigenvalue weighted by Gasteiger charge is 2.12. The third-order valence-corrected chi connectivity index (χ3v) is 3.81. The zero-order chi connectivity index (χ0) is 17.4. The molecule has 1 N–H and O–H groups in total. The molecule has 0 spiro atoms. The number of nitrogens with one attached hydrogen (secondary N) is 1. The van der Waals surface area contributed by atoms with E-state index in [1.165, 1.54) is 11.9 Å². The van der Waals surface area contributed by atoms with Crippen molar-refractivity contribution in [1.82, 2.24) is 15.3 Å². The average molecular weight is 326 g/mol. The Bertz CT molecular complexity index is 643. The summed E-state index contributed by atoms with van der Waals surface area (Å²) >= 11 is 0. The van der Waals surface area contributed by atoms with Crippen LogP contribution in [0.15, 0.2) is 42.7 Å². The van der Waals surface area contributed by atoms with Crippen molar-refractivity contribution < 1.29 is 4.79 Å². The van der Waals surface area contributed by atoms with Crippen LogP contribution in [0.25, 0.3) is 0 Å². The summed E-state index contributed by atoms with van der Waals surface area (Å²) in [5, 5.41) is 2.92. The van der Waals surface area contributed by atoms with Gasteiger partial charge in [0.25, 0.3) is 5.91 Å². The number of anilines is 1. The van der Waals surface area contributed by atoms with E-state index >= 15 is 0 Å². The molecule has 1 amide bonds. The number of aromatic nitrogens is 2. The lowest BCUT2D eigenvalue weighted by Gasteiger charge is -2.22. The molecule has 1 heterocycles. The first kappa shape index (κ1) is 17.9. The van der Waals surface area contributed by atoms with Crippen molar-refractivity contribution in [2.24, 2.45) is 5.92 Å². The van der Waals surface area contributed by atoms with E-state index in [0.29, 0.717) is 18.2 Å². The van der Waals surface area contributed by atoms with Gasteiger partial charge in [-0.25, -0.2) is 9.97 Å². The van der Waals surface area contributed by atoms with Crippen LogP contribution < -0.4 is 10.2 Å². The Kier molecular flexibility index (Phi) is 6.73. The fourth-order valence-corrected chi connectivity index (χ4v) is 2.37. The third kappa shape index (κ3) is 5.33. The molecule has 0 atom stereocenters. The van der Waals surface area contributed by atoms with Crippen LogP contribution in [0.5, 0.6) is 0 Å². The summed E-state index contributed by atoms with van der Waals surface area (Å²) in [4.78, 5) is 22.8. The number of hydrogen-bond acceptors (Lipinski definition) is 4. The first-order valence-electron chi connectivity index (χ1n) is 8.49. The van der Waals surface area contributed by atoms with E-state index in [1.54, 1.807) is 6.07 Å². The lowest BCUT2D eigenvalue weighted by molar-refractivity contribution is 0.0947. The molecule has 0 aliphatic heterocycles. The third-order valence-electron chi connectivity index (χ3n) is 3.81. The molecule has 2 rings (SSSR count). The van der Waals surface area contributed by atoms with Gasteiger partial charge in [-0.15, -0.1) is 0 Å². The van der Waals surface area contributed by atoms with Crippen molar-refractivity contribution in [3.05, 3.63) is 54.0 Å². The first-order chi connectivity index (χ1) is 11.6. The lowest BCUT2D eigenvalue weighted by atomic mass is 10.1. The molecular weight excluding hydrogens is 300 g/mol. The number of nitrogens with zero attached hydrogens (tertiary/aromatic N) is 3. The van der Waals surface area contributed by atoms with Gasteiger partial charge in [0.2, 0.25) is 0 Å². The van der Waals surface area contributed by atoms with Gasteiger partial charge in [-0.1, -0.05) is 44.2 Å². The fraction of sp³-hybridized carbons (Fsp3) is 0.421. The van der Waals surface area contributed by atoms with Crippen LogP contribution in [0, 0.1) is 5.92 Å². The standard InChI is InChI=1S/C19H26N4O/c1-4-23(13-16-8-6-5-7-9-16)18-12-17(21-14-22-18)19(24)20-11-10-15(2)3/h5-9,12,14-15H,4,10-11,13H2,1-3H3,(H,20,24). The van der Waals surface area contributed by atoms with E-state index in [-0.39, 0.29) is 5.91 Å². The largest absolute Gasteiger partial charge is 0.352 e. The summed E-state index contributed by atoms with van der Waals surface area (Å²) in [5.74, 6) is 1.19. The van der Waals surface area contributed by atoms with Gasteiger partial charge < -0.3 is 10.2 Å². The molecule has 5 heteroatoms. The Labute approximate surface area is 144 Å². The number of hydrogen-bond donors (Lipinski definition) is 1. The van der Waals surface area contributed by atoms with Crippen molar-refractivity contribution >= 4 is 11.7 Å². The number of benzene rings is 1. The second-order valence-corrected chi connectivity index (χ2v) is 6.20. The van der Waals surface area contributed by atoms with Crippen LogP contribution in [0.2, 0.25) is 0 Å². The van der Waals surface area contributed by atoms with Crippen LogP contribution in [0.4, 0.5) is 5.82 Å². The van der Waals surface area contributed by atoms with E-state index in [2.05, 4.69) is 53.1 Å². The molecule has 5 nitrogen and oxygen atoms in total. The number of carbonyl (C=O) groups is 1. The molecule has 0 radical (unpaired) electrons. The molecule has 1 aromatic heterocycles. The Morgan fingerprint density at radius 1 is 1.21 bits per heavy atom. The summed E-state index contributed by atoms with van der Waals surface area (Å²) in [5.41, 5.74) is 1.62. The van der Waals surface area contributed by atoms with Crippen molar-refractivity contribution in [3.8, 4) is 0 Å². The number of carbonyl (C=O) groups excluding carboxylic acids is 1. The lowest BCUT2D eigenvalue weighted by Crippen LogP contribution is -2.28. The molecular formula is C19H26N4O. The molecule has 0 fully saturated rings. The zero-order valence-corrected chi connectivity index (χ0v) is 14.7. The Hall–Kier alpha value is -2.43. The van der Waals surface area contributed by atoms with E-state index in [4.69, 9.17) is 0 Å². The highest BCUT2D eigenvalue weighted by Crippen LogP contribution is 2.14. The molecule has 0 saturated carbocycles. The van der Waals surface area contributed by atoms with E-state index < -0.39 is 0 Å². The normalized spacial score (nSPS) is 10.7. The molecule has 24 heavy (non-hydrogen) atoms. The highest BCUT2D eigenvalue weighted by molar-refractivity contribution is 5.92. The quantitative estimate of drug-likeness (QED) is 0.809. The van der Waals surface area contributed by atoms with Crippen LogP contribution in [0.1, 0.15) is 43.2 Å². The Balaban J connectivity index is 2.05. The topological polar surface area (TPSA) is 58.1 Å². The SMILES string of the molecule is CCN(Cc1ccccc1)c1cc(C(=O)NCCC(C)C)ncn1. The molecule has 0 aliphatic rings. The maximum Gasteiger partial charge on any atom is 0.270 e. The minimum atomic E-state index is -0.143. The molecule has 1 aromatic carbocycles. The first-order valence-corrected chi connectivity index (χ1v) is 8.49. The van der Waals surface area contributed by atoms with E-state index in [0.717, 1.165) is 25.3 Å². The van der Waals surface area contributed by atoms with E-state index in [9.17, 15) is 4.79 Å². The van der Waals surface area contributed by atoms with Gasteiger partial charge >= 0.3 is 0 Å². The van der Waals surface area contributed by atoms with Crippen molar-refractivity contribution in [2.75, 3.05) is 18.0 Å². The average Bonchev–Trinajstić information content (AvgIpc) is 2.60. The van der Waals surface area contributed by atoms with Crippen LogP contribution in [0.3, 0.4) is 0 Å². The fourth-order valence-electron chi connectivity index (χ4n) is 2.37. The van der Waals surface area contributed by atoms with Crippen LogP contribution in [-0.4, -0.2) is 29.0 Å². The van der Waals surface area contributed by atoms with Crippen LogP contribution >= 0.6 is 0 Å². The molecule has 0 bridgehead atoms. The summed E-state index contributed by atoms with van der Waals surface area (Å²) in [6.45, 7) is 8.57. The number of rotatable bonds is 8. The number of amides is 1. The van der Waals surface area contributed by atoms with Gasteiger partial charge in [-0.05, 0) is 24.8 Å². The molecule has 2 aromatic rings. The van der Waals surface area contributed by atoms with Gasteiger partial charge in [-0.2, -0.15) is 0 Å². The second kappa shape index (κ2) is 9.01. The monoisotopic (exact) mass is 326 g/mol. The van der Waals surface area contributed by atoms with E-state index in [1.807, 2.05) is 18.2 Å². The Morgan fingerprint density at radius 2 is 1.96 bits per heavy atom. The minimum Gasteiger partial charge on any atom is -0.352 e. The van der Waals surface area contributed by atoms with Gasteiger partial charge in [0.1, 0.15) is 17.8 Å². The second-order valence-electron chi connectivity index (χ2n) is 6.20. The molecule has 0 aliphatic carbocycles. The molecule has 128 valence electrons. The van der Waals surface area contributed by atoms with Crippen LogP contribution in [-0.2, 0) is 6.54 Å². The van der Waals surface area contributed by atoms with Gasteiger partial charge in [0.15, 0.2) is 0 Å². The predicted molar refractivity (Wildman–Crippen MR) is 97.0 cm³/mol. The Morgan fingerprint density at radius 3 is 2.62 bits per heavy atom. The van der Waals surface area contributed by atoms with Gasteiger partial charge in [0, 0.05) is 25.7 Å². The summed E-state index contributed by atoms with van der Waals surface area (Å²) < 4.78 is 0. The van der Waals surface area contributed by atoms with Gasteiger partial charge in [0.05, 0.1) is 0 Å².